The Balaban J connectivity index is 0.00000233. The molecule has 0 heterocycles. The molecule has 0 fully saturated rings. The maximum absolute atomic E-state index is 6.22. The zero-order valence-electron chi connectivity index (χ0n) is 20.5. The molecule has 2 rings (SSSR count). The first kappa shape index (κ1) is 26.5. The first-order chi connectivity index (χ1) is 14.7. The number of nitrogens with zero attached hydrogens (tertiary/aromatic N) is 2. The van der Waals surface area contributed by atoms with Gasteiger partial charge in [-0.05, 0) is 86.8 Å². The fourth-order valence-electron chi connectivity index (χ4n) is 3.48. The summed E-state index contributed by atoms with van der Waals surface area (Å²) in [6.45, 7) is 14.7. The van der Waals surface area contributed by atoms with Crippen molar-refractivity contribution in [2.45, 2.75) is 67.3 Å². The van der Waals surface area contributed by atoms with Crippen LogP contribution in [0.1, 0.15) is 65.2 Å². The minimum atomic E-state index is 0.315. The van der Waals surface area contributed by atoms with E-state index in [2.05, 4.69) is 63.9 Å². The van der Waals surface area contributed by atoms with Crippen LogP contribution in [0.15, 0.2) is 42.5 Å². The van der Waals surface area contributed by atoms with Gasteiger partial charge in [-0.25, -0.2) is 0 Å². The smallest absolute Gasteiger partial charge is 0.175 e. The monoisotopic (exact) mass is 440 g/mol. The van der Waals surface area contributed by atoms with E-state index in [1.54, 1.807) is 0 Å². The van der Waals surface area contributed by atoms with E-state index in [4.69, 9.17) is 23.7 Å². The molecule has 0 saturated heterocycles. The topological polar surface area (TPSA) is 58.5 Å². The number of nitrogen functional groups attached to an aromatic ring is 1. The molecule has 5 heteroatoms. The molecule has 0 aliphatic rings. The zero-order valence-corrected chi connectivity index (χ0v) is 21.3. The highest BCUT2D eigenvalue weighted by Gasteiger charge is 2.19. The Hall–Kier alpha value is -2.53. The Morgan fingerprint density at radius 2 is 1.65 bits per heavy atom. The van der Waals surface area contributed by atoms with Crippen molar-refractivity contribution in [3.63, 3.8) is 0 Å². The van der Waals surface area contributed by atoms with Gasteiger partial charge in [0.05, 0.1) is 11.4 Å². The summed E-state index contributed by atoms with van der Waals surface area (Å²) in [6.07, 6.45) is 3.88. The van der Waals surface area contributed by atoms with Crippen molar-refractivity contribution in [3.05, 3.63) is 59.2 Å². The maximum atomic E-state index is 6.22. The molecule has 0 aliphatic carbocycles. The Bertz CT molecular complexity index is 902. The fourth-order valence-corrected chi connectivity index (χ4v) is 3.68. The van der Waals surface area contributed by atoms with Gasteiger partial charge < -0.3 is 16.4 Å². The number of hydrogen-bond donors (Lipinski definition) is 2. The number of allylic oxidation sites excluding steroid dienone is 1. The summed E-state index contributed by atoms with van der Waals surface area (Å²) in [7, 11) is 2.12. The van der Waals surface area contributed by atoms with Crippen LogP contribution in [0, 0.1) is 0 Å². The minimum Gasteiger partial charge on any atom is -0.399 e. The lowest BCUT2D eigenvalue weighted by Gasteiger charge is -2.31. The van der Waals surface area contributed by atoms with Crippen molar-refractivity contribution in [3.8, 4) is 0 Å². The number of anilines is 3. The summed E-state index contributed by atoms with van der Waals surface area (Å²) < 4.78 is 0. The zero-order chi connectivity index (χ0) is 23.7. The van der Waals surface area contributed by atoms with Gasteiger partial charge in [0.2, 0.25) is 0 Å². The lowest BCUT2D eigenvalue weighted by Crippen LogP contribution is -2.34. The number of hydrogen-bond acceptors (Lipinski definition) is 3. The van der Waals surface area contributed by atoms with E-state index in [0.717, 1.165) is 41.0 Å². The van der Waals surface area contributed by atoms with E-state index in [1.807, 2.05) is 43.9 Å². The molecule has 0 saturated carbocycles. The molecule has 0 spiro atoms. The Morgan fingerprint density at radius 1 is 1.03 bits per heavy atom. The second-order valence-corrected chi connectivity index (χ2v) is 7.90. The van der Waals surface area contributed by atoms with Gasteiger partial charge in [-0.1, -0.05) is 45.9 Å². The standard InChI is InChI=1S/C24H34N4S.C2H6/c1-7-17-10-12-20(15-23(17)27(6)16(4)5)28(24(26)29)22(9-3)19-11-13-21(25)18(8-2)14-19;1-2/h9-16H,7-8,25H2,1-6H3,(H2,26,29);1-2H3/b22-9-;. The molecule has 170 valence electrons. The molecule has 31 heavy (non-hydrogen) atoms. The van der Waals surface area contributed by atoms with Gasteiger partial charge in [-0.2, -0.15) is 0 Å². The van der Waals surface area contributed by atoms with Crippen LogP contribution in [-0.2, 0) is 12.8 Å². The van der Waals surface area contributed by atoms with Crippen molar-refractivity contribution in [1.82, 2.24) is 0 Å². The van der Waals surface area contributed by atoms with Gasteiger partial charge >= 0.3 is 0 Å². The Morgan fingerprint density at radius 3 is 2.13 bits per heavy atom. The van der Waals surface area contributed by atoms with E-state index in [-0.39, 0.29) is 0 Å². The maximum Gasteiger partial charge on any atom is 0.175 e. The Labute approximate surface area is 194 Å². The summed E-state index contributed by atoms with van der Waals surface area (Å²) in [5.41, 5.74) is 19.7. The second kappa shape index (κ2) is 12.4. The third-order valence-corrected chi connectivity index (χ3v) is 5.60. The number of rotatable bonds is 7. The van der Waals surface area contributed by atoms with Gasteiger partial charge in [0.1, 0.15) is 0 Å². The van der Waals surface area contributed by atoms with Gasteiger partial charge in [0.25, 0.3) is 0 Å². The van der Waals surface area contributed by atoms with E-state index in [9.17, 15) is 0 Å². The molecule has 0 amide bonds. The van der Waals surface area contributed by atoms with Crippen molar-refractivity contribution in [1.29, 1.82) is 0 Å². The Kier molecular flexibility index (Phi) is 10.6. The van der Waals surface area contributed by atoms with Gasteiger partial charge in [-0.15, -0.1) is 0 Å². The van der Waals surface area contributed by atoms with Crippen molar-refractivity contribution >= 4 is 40.1 Å². The van der Waals surface area contributed by atoms with Crippen LogP contribution in [0.5, 0.6) is 0 Å². The third kappa shape index (κ3) is 6.23. The molecule has 0 bridgehead atoms. The van der Waals surface area contributed by atoms with Gasteiger partial charge in [-0.3, -0.25) is 4.90 Å². The highest BCUT2D eigenvalue weighted by Crippen LogP contribution is 2.33. The molecule has 0 atom stereocenters. The third-order valence-electron chi connectivity index (χ3n) is 5.42. The van der Waals surface area contributed by atoms with Crippen molar-refractivity contribution < 1.29 is 0 Å². The summed E-state index contributed by atoms with van der Waals surface area (Å²) in [6, 6.07) is 12.9. The van der Waals surface area contributed by atoms with Crippen LogP contribution in [0.25, 0.3) is 5.70 Å². The number of benzene rings is 2. The molecule has 2 aromatic carbocycles. The lowest BCUT2D eigenvalue weighted by atomic mass is 10.0. The number of aryl methyl sites for hydroxylation is 2. The molecular weight excluding hydrogens is 400 g/mol. The number of nitrogens with two attached hydrogens (primary N) is 2. The first-order valence-electron chi connectivity index (χ1n) is 11.2. The van der Waals surface area contributed by atoms with Crippen LogP contribution in [0.3, 0.4) is 0 Å². The second-order valence-electron chi connectivity index (χ2n) is 7.49. The molecular formula is C26H40N4S. The normalized spacial score (nSPS) is 11.1. The van der Waals surface area contributed by atoms with E-state index >= 15 is 0 Å². The van der Waals surface area contributed by atoms with Gasteiger partial charge in [0.15, 0.2) is 5.11 Å². The molecule has 2 aromatic rings. The average Bonchev–Trinajstić information content (AvgIpc) is 2.78. The van der Waals surface area contributed by atoms with Crippen LogP contribution in [0.2, 0.25) is 0 Å². The van der Waals surface area contributed by atoms with E-state index in [0.29, 0.717) is 11.2 Å². The van der Waals surface area contributed by atoms with Crippen LogP contribution in [-0.4, -0.2) is 18.2 Å². The van der Waals surface area contributed by atoms with E-state index < -0.39 is 0 Å². The first-order valence-corrected chi connectivity index (χ1v) is 11.7. The molecule has 0 aromatic heterocycles. The summed E-state index contributed by atoms with van der Waals surface area (Å²) in [5, 5.41) is 0.315. The number of thiocarbonyl (C=S) groups is 1. The molecule has 0 unspecified atom stereocenters. The average molecular weight is 441 g/mol. The van der Waals surface area contributed by atoms with Crippen molar-refractivity contribution in [2.75, 3.05) is 22.6 Å². The predicted octanol–water partition coefficient (Wildman–Crippen LogP) is 6.38. The lowest BCUT2D eigenvalue weighted by molar-refractivity contribution is 0.750. The predicted molar refractivity (Wildman–Crippen MR) is 144 cm³/mol. The highest BCUT2D eigenvalue weighted by molar-refractivity contribution is 7.80. The van der Waals surface area contributed by atoms with Crippen LogP contribution < -0.4 is 21.3 Å². The highest BCUT2D eigenvalue weighted by atomic mass is 32.1. The van der Waals surface area contributed by atoms with Gasteiger partial charge in [0, 0.05) is 24.5 Å². The molecule has 0 radical (unpaired) electrons. The summed E-state index contributed by atoms with van der Waals surface area (Å²) in [5.74, 6) is 0. The fraction of sp³-hybridized carbons (Fsp3) is 0.423. The largest absolute Gasteiger partial charge is 0.399 e. The van der Waals surface area contributed by atoms with E-state index in [1.165, 1.54) is 11.3 Å². The van der Waals surface area contributed by atoms with Crippen LogP contribution in [0.4, 0.5) is 17.1 Å². The summed E-state index contributed by atoms with van der Waals surface area (Å²) in [4.78, 5) is 4.23. The van der Waals surface area contributed by atoms with Crippen LogP contribution >= 0.6 is 12.2 Å². The summed E-state index contributed by atoms with van der Waals surface area (Å²) >= 11 is 5.47. The minimum absolute atomic E-state index is 0.315. The molecule has 4 N–H and O–H groups in total. The molecule has 0 aliphatic heterocycles. The van der Waals surface area contributed by atoms with Crippen molar-refractivity contribution in [2.24, 2.45) is 5.73 Å². The SMILES string of the molecule is C/C=C(/c1ccc(N)c(CC)c1)N(C(N)=S)c1ccc(CC)c(N(C)C(C)C)c1.CC. The quantitative estimate of drug-likeness (QED) is 0.387. The molecule has 4 nitrogen and oxygen atoms in total.